The summed E-state index contributed by atoms with van der Waals surface area (Å²) in [5, 5.41) is 19.9. The number of nitrogens with one attached hydrogen (secondary N) is 1. The van der Waals surface area contributed by atoms with Crippen LogP contribution in [0.1, 0.15) is 63.2 Å². The molecule has 0 atom stereocenters. The molecule has 0 saturated carbocycles. The first-order chi connectivity index (χ1) is 11.5. The summed E-state index contributed by atoms with van der Waals surface area (Å²) in [6, 6.07) is 7.46. The van der Waals surface area contributed by atoms with Crippen LogP contribution in [0.15, 0.2) is 29.4 Å². The first-order valence-corrected chi connectivity index (χ1v) is 8.89. The molecular formula is C19H29N3O2. The summed E-state index contributed by atoms with van der Waals surface area (Å²) in [6.07, 6.45) is 4.18. The van der Waals surface area contributed by atoms with Crippen molar-refractivity contribution in [2.45, 2.75) is 58.5 Å². The van der Waals surface area contributed by atoms with Gasteiger partial charge in [-0.25, -0.2) is 0 Å². The van der Waals surface area contributed by atoms with E-state index in [1.54, 1.807) is 0 Å². The van der Waals surface area contributed by atoms with Gasteiger partial charge in [-0.1, -0.05) is 26.7 Å². The lowest BCUT2D eigenvalue weighted by molar-refractivity contribution is 0.0213. The number of amides is 1. The van der Waals surface area contributed by atoms with Crippen molar-refractivity contribution in [3.05, 3.63) is 29.8 Å². The van der Waals surface area contributed by atoms with Crippen LogP contribution in [0.5, 0.6) is 0 Å². The largest absolute Gasteiger partial charge is 0.388 e. The quantitative estimate of drug-likeness (QED) is 0.768. The van der Waals surface area contributed by atoms with E-state index in [1.807, 2.05) is 50.0 Å². The lowest BCUT2D eigenvalue weighted by Crippen LogP contribution is -2.42. The minimum Gasteiger partial charge on any atom is -0.388 e. The van der Waals surface area contributed by atoms with Crippen LogP contribution in [-0.4, -0.2) is 35.4 Å². The molecule has 2 N–H and O–H groups in total. The van der Waals surface area contributed by atoms with E-state index in [4.69, 9.17) is 0 Å². The maximum atomic E-state index is 12.3. The Kier molecular flexibility index (Phi) is 6.37. The summed E-state index contributed by atoms with van der Waals surface area (Å²) in [4.78, 5) is 12.3. The van der Waals surface area contributed by atoms with Crippen LogP contribution in [0.3, 0.4) is 0 Å². The molecule has 24 heavy (non-hydrogen) atoms. The molecule has 0 saturated heterocycles. The van der Waals surface area contributed by atoms with E-state index in [9.17, 15) is 9.90 Å². The zero-order valence-corrected chi connectivity index (χ0v) is 15.0. The molecule has 0 radical (unpaired) electrons. The number of benzene rings is 1. The maximum absolute atomic E-state index is 12.3. The molecular weight excluding hydrogens is 302 g/mol. The first kappa shape index (κ1) is 18.5. The second kappa shape index (κ2) is 8.29. The molecule has 0 bridgehead atoms. The number of hydrazone groups is 1. The first-order valence-electron chi connectivity index (χ1n) is 8.89. The minimum atomic E-state index is -0.805. The summed E-state index contributed by atoms with van der Waals surface area (Å²) in [5.74, 6) is -0.145. The number of rotatable bonds is 8. The Bertz CT molecular complexity index is 575. The number of carbonyl (C=O) groups is 1. The molecule has 2 rings (SSSR count). The molecule has 1 aromatic rings. The number of hydrogen-bond acceptors (Lipinski definition) is 4. The number of hydrogen-bond donors (Lipinski definition) is 2. The second-order valence-electron chi connectivity index (χ2n) is 6.66. The van der Waals surface area contributed by atoms with Crippen molar-refractivity contribution < 1.29 is 9.90 Å². The van der Waals surface area contributed by atoms with Crippen LogP contribution < -0.4 is 10.3 Å². The highest BCUT2D eigenvalue weighted by molar-refractivity contribution is 5.94. The highest BCUT2D eigenvalue weighted by Crippen LogP contribution is 2.21. The van der Waals surface area contributed by atoms with Crippen LogP contribution >= 0.6 is 0 Å². The van der Waals surface area contributed by atoms with Crippen molar-refractivity contribution in [3.63, 3.8) is 0 Å². The minimum absolute atomic E-state index is 0.145. The summed E-state index contributed by atoms with van der Waals surface area (Å²) in [5.41, 5.74) is 1.93. The Morgan fingerprint density at radius 1 is 1.25 bits per heavy atom. The molecule has 1 aromatic carbocycles. The maximum Gasteiger partial charge on any atom is 0.251 e. The van der Waals surface area contributed by atoms with Gasteiger partial charge in [0.1, 0.15) is 0 Å². The van der Waals surface area contributed by atoms with Crippen molar-refractivity contribution in [1.29, 1.82) is 0 Å². The van der Waals surface area contributed by atoms with Gasteiger partial charge in [0.05, 0.1) is 11.3 Å². The Hall–Kier alpha value is -1.88. The summed E-state index contributed by atoms with van der Waals surface area (Å²) >= 11 is 0. The second-order valence-corrected chi connectivity index (χ2v) is 6.66. The highest BCUT2D eigenvalue weighted by Gasteiger charge is 2.25. The Labute approximate surface area is 144 Å². The monoisotopic (exact) mass is 331 g/mol. The molecule has 1 heterocycles. The molecule has 0 aliphatic carbocycles. The smallest absolute Gasteiger partial charge is 0.251 e. The molecule has 1 amide bonds. The van der Waals surface area contributed by atoms with Crippen molar-refractivity contribution in [1.82, 2.24) is 5.32 Å². The fourth-order valence-corrected chi connectivity index (χ4v) is 3.12. The molecule has 1 aliphatic heterocycles. The predicted molar refractivity (Wildman–Crippen MR) is 98.6 cm³/mol. The van der Waals surface area contributed by atoms with Gasteiger partial charge in [0, 0.05) is 30.8 Å². The van der Waals surface area contributed by atoms with Gasteiger partial charge in [0.25, 0.3) is 5.91 Å². The third-order valence-corrected chi connectivity index (χ3v) is 4.41. The lowest BCUT2D eigenvalue weighted by Gasteiger charge is -2.27. The molecule has 132 valence electrons. The van der Waals surface area contributed by atoms with Crippen LogP contribution in [0, 0.1) is 0 Å². The van der Waals surface area contributed by atoms with E-state index < -0.39 is 5.60 Å². The van der Waals surface area contributed by atoms with Crippen LogP contribution in [0.2, 0.25) is 0 Å². The van der Waals surface area contributed by atoms with Crippen molar-refractivity contribution >= 4 is 17.3 Å². The van der Waals surface area contributed by atoms with Crippen LogP contribution in [0.4, 0.5) is 5.69 Å². The Morgan fingerprint density at radius 2 is 1.88 bits per heavy atom. The number of anilines is 1. The van der Waals surface area contributed by atoms with Gasteiger partial charge < -0.3 is 10.4 Å². The van der Waals surface area contributed by atoms with E-state index >= 15 is 0 Å². The molecule has 5 nitrogen and oxygen atoms in total. The van der Waals surface area contributed by atoms with Gasteiger partial charge in [-0.15, -0.1) is 0 Å². The van der Waals surface area contributed by atoms with Gasteiger partial charge in [-0.2, -0.15) is 5.10 Å². The SMILES string of the molecule is CCCC(O)(CCC)CNC(=O)c1ccc(N2CCC(C)=N2)cc1. The fraction of sp³-hybridized carbons (Fsp3) is 0.579. The lowest BCUT2D eigenvalue weighted by atomic mass is 9.92. The zero-order valence-electron chi connectivity index (χ0n) is 15.0. The third kappa shape index (κ3) is 4.81. The summed E-state index contributed by atoms with van der Waals surface area (Å²) in [6.45, 7) is 7.30. The normalized spacial score (nSPS) is 14.7. The molecule has 5 heteroatoms. The van der Waals surface area contributed by atoms with E-state index in [0.717, 1.165) is 37.2 Å². The van der Waals surface area contributed by atoms with E-state index in [-0.39, 0.29) is 5.91 Å². The van der Waals surface area contributed by atoms with Gasteiger partial charge in [-0.05, 0) is 44.0 Å². The van der Waals surface area contributed by atoms with E-state index in [0.29, 0.717) is 24.9 Å². The van der Waals surface area contributed by atoms with E-state index in [2.05, 4.69) is 10.4 Å². The number of nitrogens with zero attached hydrogens (tertiary/aromatic N) is 2. The summed E-state index contributed by atoms with van der Waals surface area (Å²) < 4.78 is 0. The molecule has 1 aliphatic rings. The standard InChI is InChI=1S/C19H29N3O2/c1-4-11-19(24,12-5-2)14-20-18(23)16-6-8-17(9-7-16)22-13-10-15(3)21-22/h6-9,24H,4-5,10-14H2,1-3H3,(H,20,23). The van der Waals surface area contributed by atoms with E-state index in [1.165, 1.54) is 0 Å². The van der Waals surface area contributed by atoms with Crippen molar-refractivity contribution in [2.24, 2.45) is 5.10 Å². The molecule has 0 fully saturated rings. The fourth-order valence-electron chi connectivity index (χ4n) is 3.12. The zero-order chi connectivity index (χ0) is 17.6. The van der Waals surface area contributed by atoms with Crippen LogP contribution in [0.25, 0.3) is 0 Å². The van der Waals surface area contributed by atoms with Crippen molar-refractivity contribution in [3.8, 4) is 0 Å². The topological polar surface area (TPSA) is 64.9 Å². The van der Waals surface area contributed by atoms with Gasteiger partial charge in [0.15, 0.2) is 0 Å². The number of carbonyl (C=O) groups excluding carboxylic acids is 1. The van der Waals surface area contributed by atoms with Gasteiger partial charge in [-0.3, -0.25) is 9.80 Å². The number of aliphatic hydroxyl groups is 1. The Balaban J connectivity index is 1.95. The van der Waals surface area contributed by atoms with Gasteiger partial charge >= 0.3 is 0 Å². The van der Waals surface area contributed by atoms with Gasteiger partial charge in [0.2, 0.25) is 0 Å². The molecule has 0 unspecified atom stereocenters. The average molecular weight is 331 g/mol. The third-order valence-electron chi connectivity index (χ3n) is 4.41. The average Bonchev–Trinajstić information content (AvgIpc) is 3.00. The van der Waals surface area contributed by atoms with Crippen molar-refractivity contribution in [2.75, 3.05) is 18.1 Å². The highest BCUT2D eigenvalue weighted by atomic mass is 16.3. The molecule has 0 spiro atoms. The van der Waals surface area contributed by atoms with Crippen LogP contribution in [-0.2, 0) is 0 Å². The summed E-state index contributed by atoms with van der Waals surface area (Å²) in [7, 11) is 0. The predicted octanol–water partition coefficient (Wildman–Crippen LogP) is 3.33. The molecule has 0 aromatic heterocycles. The Morgan fingerprint density at radius 3 is 2.38 bits per heavy atom.